The molecule has 0 atom stereocenters. The maximum absolute atomic E-state index is 11.7. The topological polar surface area (TPSA) is 41.1 Å². The van der Waals surface area contributed by atoms with Gasteiger partial charge >= 0.3 is 0 Å². The van der Waals surface area contributed by atoms with Crippen LogP contribution in [0.2, 0.25) is 0 Å². The summed E-state index contributed by atoms with van der Waals surface area (Å²) < 4.78 is 0. The zero-order chi connectivity index (χ0) is 13.3. The van der Waals surface area contributed by atoms with E-state index in [4.69, 9.17) is 0 Å². The molecule has 2 rings (SSSR count). The molecular weight excluding hydrogens is 272 g/mol. The molecule has 0 spiro atoms. The van der Waals surface area contributed by atoms with Crippen LogP contribution < -0.4 is 10.6 Å². The molecule has 0 fully saturated rings. The van der Waals surface area contributed by atoms with Gasteiger partial charge in [-0.3, -0.25) is 4.79 Å². The third-order valence-electron chi connectivity index (χ3n) is 2.80. The fourth-order valence-corrected chi connectivity index (χ4v) is 1.78. The van der Waals surface area contributed by atoms with Crippen molar-refractivity contribution in [1.29, 1.82) is 0 Å². The van der Waals surface area contributed by atoms with Crippen LogP contribution in [0.3, 0.4) is 0 Å². The van der Waals surface area contributed by atoms with Gasteiger partial charge in [-0.2, -0.15) is 0 Å². The Bertz CT molecular complexity index is 502. The number of rotatable bonds is 6. The fourth-order valence-electron chi connectivity index (χ4n) is 1.78. The minimum absolute atomic E-state index is 0. The van der Waals surface area contributed by atoms with Crippen molar-refractivity contribution in [2.45, 2.75) is 6.54 Å². The van der Waals surface area contributed by atoms with Crippen molar-refractivity contribution in [3.8, 4) is 0 Å². The summed E-state index contributed by atoms with van der Waals surface area (Å²) in [5.74, 6) is -0.0258. The summed E-state index contributed by atoms with van der Waals surface area (Å²) in [7, 11) is 0. The van der Waals surface area contributed by atoms with Gasteiger partial charge in [0.25, 0.3) is 5.91 Å². The second-order valence-corrected chi connectivity index (χ2v) is 4.28. The first-order valence-corrected chi connectivity index (χ1v) is 6.44. The van der Waals surface area contributed by atoms with E-state index in [1.807, 2.05) is 48.5 Å². The Kier molecular flexibility index (Phi) is 7.40. The Morgan fingerprint density at radius 1 is 0.850 bits per heavy atom. The summed E-state index contributed by atoms with van der Waals surface area (Å²) in [6.07, 6.45) is 0. The lowest BCUT2D eigenvalue weighted by molar-refractivity contribution is 0.0954. The standard InChI is InChI=1S/C16H18N2O.ClH/c19-16(15-9-5-2-6-10-15)18-12-11-17-13-14-7-3-1-4-8-14;/h1-10,17H,11-13H2,(H,18,19);1H. The molecule has 2 N–H and O–H groups in total. The van der Waals surface area contributed by atoms with E-state index < -0.39 is 0 Å². The summed E-state index contributed by atoms with van der Waals surface area (Å²) in [4.78, 5) is 11.7. The number of hydrogen-bond acceptors (Lipinski definition) is 2. The molecule has 0 radical (unpaired) electrons. The van der Waals surface area contributed by atoms with Crippen LogP contribution in [-0.2, 0) is 6.54 Å². The van der Waals surface area contributed by atoms with Crippen molar-refractivity contribution < 1.29 is 4.79 Å². The van der Waals surface area contributed by atoms with Gasteiger partial charge in [0.2, 0.25) is 0 Å². The van der Waals surface area contributed by atoms with E-state index in [2.05, 4.69) is 22.8 Å². The molecule has 0 aromatic heterocycles. The first kappa shape index (κ1) is 16.2. The first-order chi connectivity index (χ1) is 9.36. The summed E-state index contributed by atoms with van der Waals surface area (Å²) in [5, 5.41) is 6.18. The zero-order valence-corrected chi connectivity index (χ0v) is 12.0. The summed E-state index contributed by atoms with van der Waals surface area (Å²) in [6.45, 7) is 2.20. The van der Waals surface area contributed by atoms with E-state index in [-0.39, 0.29) is 18.3 Å². The maximum Gasteiger partial charge on any atom is 0.251 e. The first-order valence-electron chi connectivity index (χ1n) is 6.44. The van der Waals surface area contributed by atoms with Crippen LogP contribution in [0.5, 0.6) is 0 Å². The van der Waals surface area contributed by atoms with Crippen molar-refractivity contribution in [3.05, 3.63) is 71.8 Å². The number of nitrogens with one attached hydrogen (secondary N) is 2. The third-order valence-corrected chi connectivity index (χ3v) is 2.80. The quantitative estimate of drug-likeness (QED) is 0.803. The molecular formula is C16H19ClN2O. The Morgan fingerprint density at radius 3 is 2.10 bits per heavy atom. The van der Waals surface area contributed by atoms with Crippen LogP contribution in [0.25, 0.3) is 0 Å². The van der Waals surface area contributed by atoms with Gasteiger partial charge in [-0.25, -0.2) is 0 Å². The van der Waals surface area contributed by atoms with Gasteiger partial charge in [-0.15, -0.1) is 12.4 Å². The molecule has 106 valence electrons. The summed E-state index contributed by atoms with van der Waals surface area (Å²) in [5.41, 5.74) is 1.95. The molecule has 2 aromatic rings. The molecule has 0 saturated carbocycles. The lowest BCUT2D eigenvalue weighted by Crippen LogP contribution is -2.31. The molecule has 0 bridgehead atoms. The molecule has 0 aliphatic carbocycles. The summed E-state index contributed by atoms with van der Waals surface area (Å²) in [6, 6.07) is 19.5. The van der Waals surface area contributed by atoms with Gasteiger partial charge in [0.05, 0.1) is 0 Å². The van der Waals surface area contributed by atoms with Crippen LogP contribution >= 0.6 is 12.4 Å². The lowest BCUT2D eigenvalue weighted by Gasteiger charge is -2.07. The monoisotopic (exact) mass is 290 g/mol. The van der Waals surface area contributed by atoms with E-state index in [1.54, 1.807) is 0 Å². The van der Waals surface area contributed by atoms with E-state index in [9.17, 15) is 4.79 Å². The highest BCUT2D eigenvalue weighted by molar-refractivity contribution is 5.94. The van der Waals surface area contributed by atoms with E-state index in [0.717, 1.165) is 13.1 Å². The molecule has 0 aliphatic rings. The van der Waals surface area contributed by atoms with Crippen molar-refractivity contribution >= 4 is 18.3 Å². The second kappa shape index (κ2) is 9.13. The van der Waals surface area contributed by atoms with Crippen molar-refractivity contribution in [3.63, 3.8) is 0 Å². The van der Waals surface area contributed by atoms with Gasteiger partial charge in [-0.1, -0.05) is 48.5 Å². The van der Waals surface area contributed by atoms with Crippen LogP contribution in [0.15, 0.2) is 60.7 Å². The lowest BCUT2D eigenvalue weighted by atomic mass is 10.2. The predicted molar refractivity (Wildman–Crippen MR) is 84.2 cm³/mol. The molecule has 3 nitrogen and oxygen atoms in total. The number of carbonyl (C=O) groups is 1. The fraction of sp³-hybridized carbons (Fsp3) is 0.188. The maximum atomic E-state index is 11.7. The number of benzene rings is 2. The molecule has 0 saturated heterocycles. The van der Waals surface area contributed by atoms with E-state index in [1.165, 1.54) is 5.56 Å². The average Bonchev–Trinajstić information content (AvgIpc) is 2.49. The van der Waals surface area contributed by atoms with Gasteiger partial charge in [0.15, 0.2) is 0 Å². The van der Waals surface area contributed by atoms with E-state index in [0.29, 0.717) is 12.1 Å². The largest absolute Gasteiger partial charge is 0.351 e. The number of amides is 1. The molecule has 1 amide bonds. The molecule has 2 aromatic carbocycles. The number of hydrogen-bond donors (Lipinski definition) is 2. The van der Waals surface area contributed by atoms with Crippen LogP contribution in [0.1, 0.15) is 15.9 Å². The molecule has 0 aliphatic heterocycles. The van der Waals surface area contributed by atoms with Crippen LogP contribution in [0, 0.1) is 0 Å². The van der Waals surface area contributed by atoms with E-state index >= 15 is 0 Å². The van der Waals surface area contributed by atoms with Crippen LogP contribution in [-0.4, -0.2) is 19.0 Å². The Hall–Kier alpha value is -1.84. The average molecular weight is 291 g/mol. The Morgan fingerprint density at radius 2 is 1.45 bits per heavy atom. The molecule has 0 unspecified atom stereocenters. The molecule has 20 heavy (non-hydrogen) atoms. The Balaban J connectivity index is 0.00000200. The van der Waals surface area contributed by atoms with Gasteiger partial charge in [-0.05, 0) is 17.7 Å². The Labute approximate surface area is 125 Å². The number of carbonyl (C=O) groups excluding carboxylic acids is 1. The highest BCUT2D eigenvalue weighted by Crippen LogP contribution is 1.98. The predicted octanol–water partition coefficient (Wildman–Crippen LogP) is 2.63. The minimum Gasteiger partial charge on any atom is -0.351 e. The van der Waals surface area contributed by atoms with Crippen LogP contribution in [0.4, 0.5) is 0 Å². The number of halogens is 1. The smallest absolute Gasteiger partial charge is 0.251 e. The van der Waals surface area contributed by atoms with Crippen molar-refractivity contribution in [2.24, 2.45) is 0 Å². The highest BCUT2D eigenvalue weighted by atomic mass is 35.5. The normalized spacial score (nSPS) is 9.60. The molecule has 4 heteroatoms. The highest BCUT2D eigenvalue weighted by Gasteiger charge is 2.02. The van der Waals surface area contributed by atoms with Crippen molar-refractivity contribution in [2.75, 3.05) is 13.1 Å². The second-order valence-electron chi connectivity index (χ2n) is 4.28. The zero-order valence-electron chi connectivity index (χ0n) is 11.2. The van der Waals surface area contributed by atoms with Gasteiger partial charge in [0, 0.05) is 25.2 Å². The van der Waals surface area contributed by atoms with Gasteiger partial charge in [0.1, 0.15) is 0 Å². The van der Waals surface area contributed by atoms with Crippen molar-refractivity contribution in [1.82, 2.24) is 10.6 Å². The van der Waals surface area contributed by atoms with Gasteiger partial charge < -0.3 is 10.6 Å². The minimum atomic E-state index is -0.0258. The summed E-state index contributed by atoms with van der Waals surface area (Å²) >= 11 is 0. The SMILES string of the molecule is Cl.O=C(NCCNCc1ccccc1)c1ccccc1. The third kappa shape index (κ3) is 5.43. The molecule has 0 heterocycles.